The summed E-state index contributed by atoms with van der Waals surface area (Å²) in [6.07, 6.45) is -3.03. The number of pyridine rings is 2. The number of fused-ring (bicyclic) bond motifs is 2. The van der Waals surface area contributed by atoms with E-state index in [0.717, 1.165) is 5.56 Å². The summed E-state index contributed by atoms with van der Waals surface area (Å²) in [6, 6.07) is 16.2. The van der Waals surface area contributed by atoms with Crippen LogP contribution >= 0.6 is 15.9 Å². The smallest absolute Gasteiger partial charge is 0.406 e. The number of benzene rings is 2. The zero-order valence-corrected chi connectivity index (χ0v) is 17.6. The van der Waals surface area contributed by atoms with Crippen LogP contribution in [0, 0.1) is 0 Å². The van der Waals surface area contributed by atoms with E-state index >= 15 is 0 Å². The van der Waals surface area contributed by atoms with Crippen LogP contribution in [0.15, 0.2) is 76.1 Å². The molecule has 10 heteroatoms. The van der Waals surface area contributed by atoms with Gasteiger partial charge in [-0.2, -0.15) is 0 Å². The molecule has 0 fully saturated rings. The third-order valence-electron chi connectivity index (χ3n) is 4.83. The maximum atomic E-state index is 12.7. The van der Waals surface area contributed by atoms with Gasteiger partial charge < -0.3 is 9.72 Å². The van der Waals surface area contributed by atoms with E-state index in [9.17, 15) is 18.0 Å². The molecule has 0 atom stereocenters. The second-order valence-corrected chi connectivity index (χ2v) is 7.71. The van der Waals surface area contributed by atoms with Crippen LogP contribution in [0.25, 0.3) is 39.2 Å². The van der Waals surface area contributed by atoms with Crippen LogP contribution in [0.4, 0.5) is 13.2 Å². The number of H-pyrrole nitrogens is 1. The van der Waals surface area contributed by atoms with E-state index in [1.807, 2.05) is 6.07 Å². The van der Waals surface area contributed by atoms with E-state index in [2.05, 4.69) is 35.7 Å². The quantitative estimate of drug-likeness (QED) is 0.351. The highest BCUT2D eigenvalue weighted by atomic mass is 79.9. The second-order valence-electron chi connectivity index (χ2n) is 6.92. The van der Waals surface area contributed by atoms with Crippen molar-refractivity contribution in [3.8, 4) is 28.4 Å². The zero-order chi connectivity index (χ0) is 22.5. The first-order chi connectivity index (χ1) is 15.3. The van der Waals surface area contributed by atoms with Crippen molar-refractivity contribution in [2.24, 2.45) is 0 Å². The van der Waals surface area contributed by atoms with Crippen molar-refractivity contribution >= 4 is 32.5 Å². The minimum absolute atomic E-state index is 0.171. The highest BCUT2D eigenvalue weighted by Crippen LogP contribution is 2.28. The zero-order valence-electron chi connectivity index (χ0n) is 16.0. The largest absolute Gasteiger partial charge is 0.573 e. The molecular weight excluding hydrogens is 489 g/mol. The fraction of sp³-hybridized carbons (Fsp3) is 0.0455. The monoisotopic (exact) mass is 500 g/mol. The normalized spacial score (nSPS) is 11.9. The van der Waals surface area contributed by atoms with Gasteiger partial charge in [-0.25, -0.2) is 9.50 Å². The molecule has 3 aromatic heterocycles. The molecule has 0 saturated heterocycles. The second kappa shape index (κ2) is 7.49. The molecule has 0 spiro atoms. The van der Waals surface area contributed by atoms with Gasteiger partial charge in [-0.15, -0.1) is 18.3 Å². The lowest BCUT2D eigenvalue weighted by Gasteiger charge is -2.09. The Morgan fingerprint density at radius 3 is 2.44 bits per heavy atom. The number of hydrogen-bond acceptors (Lipinski definition) is 4. The summed E-state index contributed by atoms with van der Waals surface area (Å²) in [7, 11) is 0. The predicted molar refractivity (Wildman–Crippen MR) is 116 cm³/mol. The number of aromatic nitrogens is 4. The van der Waals surface area contributed by atoms with Gasteiger partial charge in [0.2, 0.25) is 5.43 Å². The predicted octanol–water partition coefficient (Wildman–Crippen LogP) is 5.57. The standard InChI is InChI=1S/C22H12BrF3N4O2/c23-18-19(27-16-4-2-1-3-15(16)20(18)31)21-28-17-10-7-13(11-30(17)29-21)12-5-8-14(9-6-12)32-22(24,25)26/h1-11H,(H,27,31). The Morgan fingerprint density at radius 2 is 1.69 bits per heavy atom. The minimum atomic E-state index is -4.74. The summed E-state index contributed by atoms with van der Waals surface area (Å²) in [4.78, 5) is 20.4. The number of rotatable bonds is 3. The number of alkyl halides is 3. The summed E-state index contributed by atoms with van der Waals surface area (Å²) in [5.74, 6) is 0.0290. The number of ether oxygens (including phenoxy) is 1. The van der Waals surface area contributed by atoms with Gasteiger partial charge in [0.15, 0.2) is 11.5 Å². The molecule has 0 aliphatic carbocycles. The highest BCUT2D eigenvalue weighted by Gasteiger charge is 2.31. The Bertz CT molecular complexity index is 1530. The molecule has 0 bridgehead atoms. The van der Waals surface area contributed by atoms with E-state index in [-0.39, 0.29) is 11.2 Å². The van der Waals surface area contributed by atoms with E-state index in [1.165, 1.54) is 24.3 Å². The van der Waals surface area contributed by atoms with Crippen molar-refractivity contribution in [2.45, 2.75) is 6.36 Å². The van der Waals surface area contributed by atoms with Gasteiger partial charge in [-0.05, 0) is 57.9 Å². The molecule has 32 heavy (non-hydrogen) atoms. The summed E-state index contributed by atoms with van der Waals surface area (Å²) in [5, 5.41) is 5.02. The fourth-order valence-corrected chi connectivity index (χ4v) is 3.86. The van der Waals surface area contributed by atoms with E-state index in [1.54, 1.807) is 41.0 Å². The van der Waals surface area contributed by atoms with Gasteiger partial charge in [0.1, 0.15) is 11.4 Å². The number of nitrogens with one attached hydrogen (secondary N) is 1. The van der Waals surface area contributed by atoms with Crippen molar-refractivity contribution in [3.63, 3.8) is 0 Å². The Labute approximate surface area is 186 Å². The van der Waals surface area contributed by atoms with Crippen molar-refractivity contribution < 1.29 is 17.9 Å². The summed E-state index contributed by atoms with van der Waals surface area (Å²) < 4.78 is 42.8. The van der Waals surface area contributed by atoms with Crippen molar-refractivity contribution in [2.75, 3.05) is 0 Å². The number of aromatic amines is 1. The van der Waals surface area contributed by atoms with Gasteiger partial charge in [0.25, 0.3) is 0 Å². The Hall–Kier alpha value is -3.66. The van der Waals surface area contributed by atoms with Crippen LogP contribution < -0.4 is 10.2 Å². The first kappa shape index (κ1) is 20.3. The third-order valence-corrected chi connectivity index (χ3v) is 5.58. The first-order valence-electron chi connectivity index (χ1n) is 9.32. The van der Waals surface area contributed by atoms with Crippen LogP contribution in [0.3, 0.4) is 0 Å². The van der Waals surface area contributed by atoms with Crippen LogP contribution in [-0.4, -0.2) is 25.9 Å². The Morgan fingerprint density at radius 1 is 0.969 bits per heavy atom. The molecule has 2 aromatic carbocycles. The summed E-state index contributed by atoms with van der Waals surface area (Å²) in [6.45, 7) is 0. The van der Waals surface area contributed by atoms with Gasteiger partial charge >= 0.3 is 6.36 Å². The summed E-state index contributed by atoms with van der Waals surface area (Å²) in [5.41, 5.74) is 2.89. The average Bonchev–Trinajstić information content (AvgIpc) is 3.19. The van der Waals surface area contributed by atoms with Gasteiger partial charge in [0.05, 0.1) is 4.47 Å². The molecule has 0 radical (unpaired) electrons. The third kappa shape index (κ3) is 3.73. The number of para-hydroxylation sites is 1. The highest BCUT2D eigenvalue weighted by molar-refractivity contribution is 9.10. The van der Waals surface area contributed by atoms with Gasteiger partial charge in [-0.3, -0.25) is 4.79 Å². The topological polar surface area (TPSA) is 72.3 Å². The lowest BCUT2D eigenvalue weighted by atomic mass is 10.1. The molecule has 0 amide bonds. The Kier molecular flexibility index (Phi) is 4.74. The molecule has 0 unspecified atom stereocenters. The summed E-state index contributed by atoms with van der Waals surface area (Å²) >= 11 is 3.35. The molecule has 5 rings (SSSR count). The number of hydrogen-bond donors (Lipinski definition) is 1. The molecule has 0 aliphatic rings. The van der Waals surface area contributed by atoms with Crippen LogP contribution in [0.2, 0.25) is 0 Å². The molecule has 160 valence electrons. The van der Waals surface area contributed by atoms with E-state index < -0.39 is 6.36 Å². The molecule has 6 nitrogen and oxygen atoms in total. The molecular formula is C22H12BrF3N4O2. The van der Waals surface area contributed by atoms with Gasteiger partial charge in [0, 0.05) is 22.7 Å². The lowest BCUT2D eigenvalue weighted by molar-refractivity contribution is -0.274. The van der Waals surface area contributed by atoms with Crippen molar-refractivity contribution in [1.82, 2.24) is 19.6 Å². The maximum Gasteiger partial charge on any atom is 0.573 e. The molecule has 5 aromatic rings. The molecule has 0 aliphatic heterocycles. The molecule has 0 saturated carbocycles. The minimum Gasteiger partial charge on any atom is -0.406 e. The SMILES string of the molecule is O=c1c(Br)c(-c2nc3ccc(-c4ccc(OC(F)(F)F)cc4)cn3n2)[nH]c2ccccc12. The Balaban J connectivity index is 1.53. The van der Waals surface area contributed by atoms with E-state index in [4.69, 9.17) is 0 Å². The fourth-order valence-electron chi connectivity index (χ4n) is 3.37. The van der Waals surface area contributed by atoms with E-state index in [0.29, 0.717) is 38.1 Å². The van der Waals surface area contributed by atoms with Crippen LogP contribution in [0.5, 0.6) is 5.75 Å². The molecule has 1 N–H and O–H groups in total. The number of nitrogens with zero attached hydrogens (tertiary/aromatic N) is 3. The van der Waals surface area contributed by atoms with Crippen molar-refractivity contribution in [3.05, 3.63) is 81.6 Å². The maximum absolute atomic E-state index is 12.7. The molecule has 3 heterocycles. The van der Waals surface area contributed by atoms with Crippen LogP contribution in [-0.2, 0) is 0 Å². The first-order valence-corrected chi connectivity index (χ1v) is 10.1. The lowest BCUT2D eigenvalue weighted by Crippen LogP contribution is -2.16. The van der Waals surface area contributed by atoms with Gasteiger partial charge in [-0.1, -0.05) is 24.3 Å². The van der Waals surface area contributed by atoms with Crippen LogP contribution in [0.1, 0.15) is 0 Å². The number of halogens is 4. The average molecular weight is 501 g/mol. The van der Waals surface area contributed by atoms with Crippen molar-refractivity contribution in [1.29, 1.82) is 0 Å².